The van der Waals surface area contributed by atoms with E-state index in [9.17, 15) is 24.0 Å². The molecule has 0 radical (unpaired) electrons. The van der Waals surface area contributed by atoms with Crippen LogP contribution in [0.3, 0.4) is 0 Å². The molecule has 13 unspecified atom stereocenters. The minimum atomic E-state index is -1.08. The number of hydrogen-bond donors (Lipinski definition) is 13. The summed E-state index contributed by atoms with van der Waals surface area (Å²) in [6, 6.07) is -2.90. The van der Waals surface area contributed by atoms with Crippen LogP contribution in [-0.2, 0) is 28.7 Å². The highest BCUT2D eigenvalue weighted by molar-refractivity contribution is 5.93. The van der Waals surface area contributed by atoms with Gasteiger partial charge in [-0.3, -0.25) is 29.2 Å². The molecule has 89 heavy (non-hydrogen) atoms. The van der Waals surface area contributed by atoms with E-state index in [0.717, 1.165) is 55.3 Å². The first kappa shape index (κ1) is 75.4. The summed E-state index contributed by atoms with van der Waals surface area (Å²) in [4.78, 5) is 83.7. The SMILES string of the molecule is CCC(C)(CCOC(C)(CC)CCNC(=O)CNC(=O)C(CCCCNC(=O)C(CCCCN=C(N)N)N=C(N)N)NC(=O)C(CCCCNC(N)=NC)N=C(N)N)NC(=O)OC1CCC2(C)C(=CCC3C2CCC2(C)C(C(C)CCCC(C)C)CCC32)C1. The van der Waals surface area contributed by atoms with Gasteiger partial charge in [-0.2, -0.15) is 0 Å². The topological polar surface area (TPSA) is 408 Å². The van der Waals surface area contributed by atoms with E-state index in [-0.39, 0.29) is 79.8 Å². The average molecular weight is 1250 g/mol. The Kier molecular flexibility index (Phi) is 31.1. The summed E-state index contributed by atoms with van der Waals surface area (Å²) in [6.07, 6.45) is 21.8. The first-order valence-electron chi connectivity index (χ1n) is 33.7. The third-order valence-electron chi connectivity index (χ3n) is 20.7. The summed E-state index contributed by atoms with van der Waals surface area (Å²) in [6.45, 7) is 22.0. The zero-order valence-corrected chi connectivity index (χ0v) is 56.3. The van der Waals surface area contributed by atoms with E-state index < -0.39 is 47.0 Å². The van der Waals surface area contributed by atoms with Crippen molar-refractivity contribution in [2.75, 3.05) is 46.4 Å². The lowest BCUT2D eigenvalue weighted by molar-refractivity contribution is -0.131. The molecule has 24 nitrogen and oxygen atoms in total. The van der Waals surface area contributed by atoms with Gasteiger partial charge in [0.05, 0.1) is 12.1 Å². The highest BCUT2D eigenvalue weighted by Crippen LogP contribution is 2.67. The fraction of sp³-hybridized carbons (Fsp3) is 0.831. The van der Waals surface area contributed by atoms with Crippen molar-refractivity contribution in [3.05, 3.63) is 11.6 Å². The molecular formula is C65H121N17O7. The molecule has 0 aliphatic heterocycles. The van der Waals surface area contributed by atoms with Crippen LogP contribution >= 0.6 is 0 Å². The molecular weight excluding hydrogens is 1130 g/mol. The molecule has 508 valence electrons. The number of nitrogens with two attached hydrogens (primary N) is 7. The van der Waals surface area contributed by atoms with E-state index in [0.29, 0.717) is 102 Å². The Morgan fingerprint density at radius 1 is 0.685 bits per heavy atom. The molecule has 20 N–H and O–H groups in total. The predicted octanol–water partition coefficient (Wildman–Crippen LogP) is 5.69. The van der Waals surface area contributed by atoms with Gasteiger partial charge < -0.3 is 81.5 Å². The number of alkyl carbamates (subject to hydrolysis) is 1. The van der Waals surface area contributed by atoms with Crippen molar-refractivity contribution in [2.24, 2.45) is 106 Å². The number of unbranched alkanes of at least 4 members (excludes halogenated alkanes) is 3. The first-order chi connectivity index (χ1) is 42.1. The van der Waals surface area contributed by atoms with Gasteiger partial charge in [-0.1, -0.05) is 79.4 Å². The van der Waals surface area contributed by atoms with Gasteiger partial charge in [-0.25, -0.2) is 14.8 Å². The monoisotopic (exact) mass is 1250 g/mol. The van der Waals surface area contributed by atoms with Crippen molar-refractivity contribution in [3.8, 4) is 0 Å². The molecule has 4 aliphatic rings. The molecule has 13 atom stereocenters. The van der Waals surface area contributed by atoms with E-state index in [4.69, 9.17) is 49.6 Å². The second-order valence-corrected chi connectivity index (χ2v) is 27.6. The minimum Gasteiger partial charge on any atom is -0.446 e. The van der Waals surface area contributed by atoms with Crippen molar-refractivity contribution in [1.29, 1.82) is 0 Å². The van der Waals surface area contributed by atoms with Gasteiger partial charge in [-0.05, 0) is 189 Å². The van der Waals surface area contributed by atoms with Crippen LogP contribution in [0.5, 0.6) is 0 Å². The average Bonchev–Trinajstić information content (AvgIpc) is 1.71. The number of aliphatic imine (C=N–C) groups is 4. The second kappa shape index (κ2) is 36.7. The first-order valence-corrected chi connectivity index (χ1v) is 33.7. The number of nitrogens with zero attached hydrogens (tertiary/aromatic N) is 4. The predicted molar refractivity (Wildman–Crippen MR) is 357 cm³/mol. The summed E-state index contributed by atoms with van der Waals surface area (Å²) < 4.78 is 12.8. The van der Waals surface area contributed by atoms with E-state index in [1.54, 1.807) is 7.05 Å². The second-order valence-electron chi connectivity index (χ2n) is 27.6. The highest BCUT2D eigenvalue weighted by Gasteiger charge is 2.59. The highest BCUT2D eigenvalue weighted by atomic mass is 16.6. The van der Waals surface area contributed by atoms with Crippen LogP contribution in [-0.4, -0.2) is 135 Å². The van der Waals surface area contributed by atoms with Gasteiger partial charge in [0.25, 0.3) is 0 Å². The maximum atomic E-state index is 13.8. The molecule has 0 aromatic rings. The van der Waals surface area contributed by atoms with E-state index in [1.165, 1.54) is 50.5 Å². The van der Waals surface area contributed by atoms with Crippen molar-refractivity contribution in [1.82, 2.24) is 31.9 Å². The van der Waals surface area contributed by atoms with Crippen LogP contribution in [0.25, 0.3) is 0 Å². The van der Waals surface area contributed by atoms with Crippen LogP contribution in [0, 0.1) is 46.3 Å². The van der Waals surface area contributed by atoms with E-state index >= 15 is 0 Å². The molecule has 3 saturated carbocycles. The molecule has 24 heteroatoms. The van der Waals surface area contributed by atoms with Crippen LogP contribution in [0.4, 0.5) is 4.79 Å². The van der Waals surface area contributed by atoms with Gasteiger partial charge in [0.15, 0.2) is 23.8 Å². The van der Waals surface area contributed by atoms with Crippen molar-refractivity contribution < 1.29 is 33.4 Å². The molecule has 0 aromatic carbocycles. The summed E-state index contributed by atoms with van der Waals surface area (Å²) in [5, 5.41) is 17.4. The standard InChI is InChI=1S/C65H121N17O7/c1-11-62(6,82-61(87)89-45-29-31-64(8)44(40-45)25-26-46-48-28-27-47(43(5)21-19-20-42(3)4)65(48,9)32-30-49(46)64)34-39-88-63(7,12-2)33-38-74-53(83)41-78-55(85)50(79-56(86)52(81-59(70)71)24-15-18-37-77-60(72)73-10)22-13-16-35-75-54(84)51(80-58(68)69)23-14-17-36-76-57(66)67/h25,42-43,45-52H,11-24,26-41H2,1-10H3,(H,74,83)(H,75,84)(H,78,85)(H,79,86)(H,82,87)(H4,66,67,76)(H4,68,69,80)(H4,70,71,81)(H3,72,73,77). The van der Waals surface area contributed by atoms with E-state index in [1.807, 2.05) is 20.8 Å². The number of carbonyl (C=O) groups excluding carboxylic acids is 5. The normalized spacial score (nSPS) is 24.8. The molecule has 0 bridgehead atoms. The number of guanidine groups is 4. The Labute approximate surface area is 533 Å². The Morgan fingerprint density at radius 2 is 1.35 bits per heavy atom. The summed E-state index contributed by atoms with van der Waals surface area (Å²) >= 11 is 0. The number of fused-ring (bicyclic) bond motifs is 5. The van der Waals surface area contributed by atoms with E-state index in [2.05, 4.69) is 99.5 Å². The van der Waals surface area contributed by atoms with Gasteiger partial charge in [0.2, 0.25) is 23.6 Å². The molecule has 4 aliphatic carbocycles. The van der Waals surface area contributed by atoms with Gasteiger partial charge in [0.1, 0.15) is 24.2 Å². The number of ether oxygens (including phenoxy) is 2. The Morgan fingerprint density at radius 3 is 1.99 bits per heavy atom. The zero-order valence-electron chi connectivity index (χ0n) is 56.3. The minimum absolute atomic E-state index is 0.0165. The number of carbonyl (C=O) groups is 5. The molecule has 4 rings (SSSR count). The quantitative estimate of drug-likeness (QED) is 0.0152. The van der Waals surface area contributed by atoms with Crippen LogP contribution in [0.2, 0.25) is 0 Å². The maximum Gasteiger partial charge on any atom is 0.407 e. The number of amides is 5. The lowest BCUT2D eigenvalue weighted by atomic mass is 9.47. The van der Waals surface area contributed by atoms with Crippen LogP contribution in [0.15, 0.2) is 31.6 Å². The third-order valence-corrected chi connectivity index (χ3v) is 20.7. The molecule has 5 amide bonds. The van der Waals surface area contributed by atoms with Crippen molar-refractivity contribution in [3.63, 3.8) is 0 Å². The van der Waals surface area contributed by atoms with Gasteiger partial charge in [-0.15, -0.1) is 0 Å². The third kappa shape index (κ3) is 24.2. The van der Waals surface area contributed by atoms with Crippen molar-refractivity contribution in [2.45, 2.75) is 252 Å². The lowest BCUT2D eigenvalue weighted by Gasteiger charge is -2.58. The zero-order chi connectivity index (χ0) is 66.0. The fourth-order valence-electron chi connectivity index (χ4n) is 14.8. The Bertz CT molecular complexity index is 2410. The molecule has 0 heterocycles. The van der Waals surface area contributed by atoms with Crippen LogP contribution < -0.4 is 72.0 Å². The number of rotatable bonds is 39. The molecule has 0 spiro atoms. The lowest BCUT2D eigenvalue weighted by Crippen LogP contribution is -2.51. The van der Waals surface area contributed by atoms with Crippen molar-refractivity contribution >= 4 is 53.6 Å². The van der Waals surface area contributed by atoms with Gasteiger partial charge in [0, 0.05) is 51.8 Å². The summed E-state index contributed by atoms with van der Waals surface area (Å²) in [5.41, 5.74) is 40.2. The number of nitrogens with one attached hydrogen (secondary N) is 6. The van der Waals surface area contributed by atoms with Crippen LogP contribution in [0.1, 0.15) is 216 Å². The summed E-state index contributed by atoms with van der Waals surface area (Å²) in [7, 11) is 1.57. The smallest absolute Gasteiger partial charge is 0.407 e. The van der Waals surface area contributed by atoms with Gasteiger partial charge >= 0.3 is 6.09 Å². The number of hydrogen-bond acceptors (Lipinski definition) is 11. The molecule has 0 saturated heterocycles. The maximum absolute atomic E-state index is 13.8. The molecule has 0 aromatic heterocycles. The number of allylic oxidation sites excluding steroid dienone is 1. The Hall–Kier alpha value is -6.07. The largest absolute Gasteiger partial charge is 0.446 e. The Balaban J connectivity index is 1.26. The fourth-order valence-corrected chi connectivity index (χ4v) is 14.8. The molecule has 3 fully saturated rings. The summed E-state index contributed by atoms with van der Waals surface area (Å²) in [5.74, 6) is 2.46.